The molecule has 0 saturated carbocycles. The summed E-state index contributed by atoms with van der Waals surface area (Å²) in [6.45, 7) is 6.64. The minimum atomic E-state index is -0.524. The van der Waals surface area contributed by atoms with Crippen LogP contribution in [0.1, 0.15) is 52.1 Å². The molecule has 4 atom stereocenters. The minimum Gasteiger partial charge on any atom is -0.392 e. The fraction of sp³-hybridized carbons (Fsp3) is 0.308. The number of amides is 1. The molecule has 9 heteroatoms. The number of nitrogens with zero attached hydrogens (tertiary/aromatic N) is 3. The van der Waals surface area contributed by atoms with Gasteiger partial charge in [0, 0.05) is 37.7 Å². The minimum absolute atomic E-state index is 0.0111. The van der Waals surface area contributed by atoms with Gasteiger partial charge in [-0.05, 0) is 46.0 Å². The number of aromatic nitrogens is 2. The number of rotatable bonds is 9. The van der Waals surface area contributed by atoms with E-state index >= 15 is 0 Å². The highest BCUT2D eigenvalue weighted by molar-refractivity contribution is 5.93. The van der Waals surface area contributed by atoms with Crippen molar-refractivity contribution in [2.45, 2.75) is 38.6 Å². The molecule has 3 heterocycles. The summed E-state index contributed by atoms with van der Waals surface area (Å²) in [4.78, 5) is 24.1. The molecule has 2 fully saturated rings. The van der Waals surface area contributed by atoms with Crippen LogP contribution in [-0.2, 0) is 27.4 Å². The maximum absolute atomic E-state index is 12.8. The molecule has 0 spiro atoms. The van der Waals surface area contributed by atoms with E-state index in [4.69, 9.17) is 14.2 Å². The third kappa shape index (κ3) is 7.31. The van der Waals surface area contributed by atoms with Crippen LogP contribution in [0.5, 0.6) is 0 Å². The Kier molecular flexibility index (Phi) is 9.83. The van der Waals surface area contributed by atoms with Crippen LogP contribution >= 0.6 is 0 Å². The molecule has 2 saturated heterocycles. The van der Waals surface area contributed by atoms with Crippen LogP contribution in [-0.4, -0.2) is 64.8 Å². The second kappa shape index (κ2) is 14.7. The van der Waals surface area contributed by atoms with Crippen LogP contribution in [0.15, 0.2) is 103 Å². The van der Waals surface area contributed by atoms with E-state index in [1.54, 1.807) is 0 Å². The molecule has 4 aromatic carbocycles. The predicted octanol–water partition coefficient (Wildman–Crippen LogP) is 5.84. The first-order chi connectivity index (χ1) is 23.5. The Balaban J connectivity index is 1.05. The van der Waals surface area contributed by atoms with Gasteiger partial charge in [0.15, 0.2) is 6.29 Å². The first-order valence-corrected chi connectivity index (χ1v) is 16.5. The number of fused-ring (bicyclic) bond motifs is 1. The molecule has 48 heavy (non-hydrogen) atoms. The Morgan fingerprint density at radius 3 is 2.38 bits per heavy atom. The number of ether oxygens (including phenoxy) is 3. The summed E-state index contributed by atoms with van der Waals surface area (Å²) in [7, 11) is 0. The normalized spacial score (nSPS) is 21.6. The van der Waals surface area contributed by atoms with Gasteiger partial charge in [-0.3, -0.25) is 14.7 Å². The molecule has 0 bridgehead atoms. The SMILES string of the molecule is CC1C(CN2CCOCC2)OC(c2ccc(-c3cccc(CNC(=O)c4cnc5ccccc5n4)c3)cc2)OC1c1ccc(CO)cc1. The Morgan fingerprint density at radius 1 is 0.854 bits per heavy atom. The number of aliphatic hydroxyl groups excluding tert-OH is 1. The lowest BCUT2D eigenvalue weighted by atomic mass is 9.90. The quantitative estimate of drug-likeness (QED) is 0.206. The third-order valence-corrected chi connectivity index (χ3v) is 9.24. The zero-order chi connectivity index (χ0) is 32.9. The molecule has 9 nitrogen and oxygen atoms in total. The van der Waals surface area contributed by atoms with E-state index in [0.29, 0.717) is 17.8 Å². The molecular formula is C39H40N4O5. The van der Waals surface area contributed by atoms with Crippen molar-refractivity contribution in [3.8, 4) is 11.1 Å². The van der Waals surface area contributed by atoms with Crippen molar-refractivity contribution in [1.29, 1.82) is 0 Å². The largest absolute Gasteiger partial charge is 0.392 e. The average molecular weight is 645 g/mol. The van der Waals surface area contributed by atoms with Crippen molar-refractivity contribution < 1.29 is 24.1 Å². The molecule has 0 aliphatic carbocycles. The molecule has 1 aromatic heterocycles. The first kappa shape index (κ1) is 32.1. The van der Waals surface area contributed by atoms with Gasteiger partial charge in [0.25, 0.3) is 5.91 Å². The summed E-state index contributed by atoms with van der Waals surface area (Å²) < 4.78 is 18.9. The number of hydrogen-bond donors (Lipinski definition) is 2. The maximum Gasteiger partial charge on any atom is 0.271 e. The van der Waals surface area contributed by atoms with Crippen molar-refractivity contribution in [2.75, 3.05) is 32.8 Å². The summed E-state index contributed by atoms with van der Waals surface area (Å²) in [6.07, 6.45) is 0.797. The van der Waals surface area contributed by atoms with E-state index in [9.17, 15) is 9.90 Å². The third-order valence-electron chi connectivity index (χ3n) is 9.24. The zero-order valence-corrected chi connectivity index (χ0v) is 27.0. The van der Waals surface area contributed by atoms with Crippen LogP contribution < -0.4 is 5.32 Å². The summed E-state index contributed by atoms with van der Waals surface area (Å²) in [5.41, 5.74) is 7.72. The van der Waals surface area contributed by atoms with E-state index in [0.717, 1.165) is 71.7 Å². The number of aliphatic hydroxyl groups is 1. The predicted molar refractivity (Wildman–Crippen MR) is 183 cm³/mol. The van der Waals surface area contributed by atoms with Crippen molar-refractivity contribution in [2.24, 2.45) is 5.92 Å². The van der Waals surface area contributed by atoms with E-state index in [2.05, 4.69) is 75.6 Å². The molecular weight excluding hydrogens is 604 g/mol. The fourth-order valence-corrected chi connectivity index (χ4v) is 6.40. The van der Waals surface area contributed by atoms with Gasteiger partial charge in [-0.2, -0.15) is 0 Å². The van der Waals surface area contributed by atoms with Crippen molar-refractivity contribution in [3.63, 3.8) is 0 Å². The van der Waals surface area contributed by atoms with Gasteiger partial charge >= 0.3 is 0 Å². The van der Waals surface area contributed by atoms with Gasteiger partial charge < -0.3 is 24.6 Å². The first-order valence-electron chi connectivity index (χ1n) is 16.5. The summed E-state index contributed by atoms with van der Waals surface area (Å²) >= 11 is 0. The second-order valence-electron chi connectivity index (χ2n) is 12.5. The molecule has 2 N–H and O–H groups in total. The van der Waals surface area contributed by atoms with Crippen LogP contribution in [0.3, 0.4) is 0 Å². The van der Waals surface area contributed by atoms with E-state index in [-0.39, 0.29) is 30.6 Å². The molecule has 1 amide bonds. The summed E-state index contributed by atoms with van der Waals surface area (Å²) in [5.74, 6) is -0.140. The Hall–Kier alpha value is -4.51. The van der Waals surface area contributed by atoms with Crippen LogP contribution in [0.2, 0.25) is 0 Å². The molecule has 4 unspecified atom stereocenters. The monoisotopic (exact) mass is 644 g/mol. The molecule has 246 valence electrons. The Labute approximate surface area is 280 Å². The number of morpholine rings is 1. The van der Waals surface area contributed by atoms with Gasteiger partial charge in [0.2, 0.25) is 0 Å². The van der Waals surface area contributed by atoms with Gasteiger partial charge in [-0.1, -0.05) is 85.8 Å². The van der Waals surface area contributed by atoms with Crippen molar-refractivity contribution in [1.82, 2.24) is 20.2 Å². The van der Waals surface area contributed by atoms with Crippen LogP contribution in [0.25, 0.3) is 22.2 Å². The van der Waals surface area contributed by atoms with E-state index in [1.807, 2.05) is 48.5 Å². The highest BCUT2D eigenvalue weighted by atomic mass is 16.7. The highest BCUT2D eigenvalue weighted by Crippen LogP contribution is 2.42. The standard InChI is InChI=1S/C39H40N4O5/c1-26-36(24-43-17-19-46-20-18-43)47-39(48-37(26)30-11-9-27(25-44)10-12-30)31-15-13-29(14-16-31)32-6-4-5-28(21-32)22-41-38(45)35-23-40-33-7-2-3-8-34(33)42-35/h2-16,21,23,26,36-37,39,44H,17-20,22,24-25H2,1H3,(H,41,45). The number of hydrogen-bond acceptors (Lipinski definition) is 8. The van der Waals surface area contributed by atoms with E-state index in [1.165, 1.54) is 6.20 Å². The number of nitrogens with one attached hydrogen (secondary N) is 1. The smallest absolute Gasteiger partial charge is 0.271 e. The molecule has 5 aromatic rings. The molecule has 7 rings (SSSR count). The van der Waals surface area contributed by atoms with Crippen molar-refractivity contribution >= 4 is 16.9 Å². The van der Waals surface area contributed by atoms with Gasteiger partial charge in [-0.15, -0.1) is 0 Å². The maximum atomic E-state index is 12.8. The van der Waals surface area contributed by atoms with Gasteiger partial charge in [0.1, 0.15) is 5.69 Å². The Bertz CT molecular complexity index is 1840. The number of benzene rings is 4. The number of carbonyl (C=O) groups excluding carboxylic acids is 1. The van der Waals surface area contributed by atoms with Crippen molar-refractivity contribution in [3.05, 3.63) is 131 Å². The lowest BCUT2D eigenvalue weighted by molar-refractivity contribution is -0.277. The lowest BCUT2D eigenvalue weighted by Crippen LogP contribution is -2.47. The summed E-state index contributed by atoms with van der Waals surface area (Å²) in [5, 5.41) is 12.5. The van der Waals surface area contributed by atoms with E-state index < -0.39 is 6.29 Å². The van der Waals surface area contributed by atoms with Gasteiger partial charge in [0.05, 0.1) is 49.3 Å². The molecule has 2 aliphatic rings. The summed E-state index contributed by atoms with van der Waals surface area (Å²) in [6, 6.07) is 32.0. The number of carbonyl (C=O) groups is 1. The topological polar surface area (TPSA) is 106 Å². The van der Waals surface area contributed by atoms with Gasteiger partial charge in [-0.25, -0.2) is 4.98 Å². The molecule has 0 radical (unpaired) electrons. The highest BCUT2D eigenvalue weighted by Gasteiger charge is 2.39. The average Bonchev–Trinajstić information content (AvgIpc) is 3.15. The zero-order valence-electron chi connectivity index (χ0n) is 27.0. The Morgan fingerprint density at radius 2 is 1.60 bits per heavy atom. The molecule has 2 aliphatic heterocycles. The lowest BCUT2D eigenvalue weighted by Gasteiger charge is -2.43. The fourth-order valence-electron chi connectivity index (χ4n) is 6.40. The van der Waals surface area contributed by atoms with Crippen LogP contribution in [0.4, 0.5) is 0 Å². The van der Waals surface area contributed by atoms with Crippen LogP contribution in [0, 0.1) is 5.92 Å². The number of para-hydroxylation sites is 2. The second-order valence-corrected chi connectivity index (χ2v) is 12.5.